The van der Waals surface area contributed by atoms with E-state index < -0.39 is 5.41 Å². The van der Waals surface area contributed by atoms with Crippen molar-refractivity contribution < 1.29 is 9.53 Å². The minimum atomic E-state index is -0.569. The van der Waals surface area contributed by atoms with Gasteiger partial charge in [-0.1, -0.05) is 36.4 Å². The molecule has 2 heterocycles. The number of rotatable bonds is 4. The van der Waals surface area contributed by atoms with Crippen LogP contribution >= 0.6 is 0 Å². The summed E-state index contributed by atoms with van der Waals surface area (Å²) in [5.41, 5.74) is 2.67. The predicted octanol–water partition coefficient (Wildman–Crippen LogP) is 2.78. The summed E-state index contributed by atoms with van der Waals surface area (Å²) in [5.74, 6) is 0.0205. The number of carbonyl (C=O) groups is 1. The molecule has 3 aromatic rings. The number of nitrogens with one attached hydrogen (secondary N) is 3. The second kappa shape index (κ2) is 7.04. The van der Waals surface area contributed by atoms with Gasteiger partial charge in [0.25, 0.3) is 0 Å². The Kier molecular flexibility index (Phi) is 4.58. The van der Waals surface area contributed by atoms with Crippen LogP contribution in [0.4, 0.5) is 0 Å². The number of aromatic amines is 2. The van der Waals surface area contributed by atoms with Gasteiger partial charge in [0.2, 0.25) is 5.91 Å². The highest BCUT2D eigenvalue weighted by Crippen LogP contribution is 2.35. The molecule has 1 fully saturated rings. The molecule has 0 bridgehead atoms. The Bertz CT molecular complexity index is 1000. The molecule has 6 nitrogen and oxygen atoms in total. The smallest absolute Gasteiger partial charge is 0.323 e. The van der Waals surface area contributed by atoms with Gasteiger partial charge in [0, 0.05) is 13.2 Å². The first-order chi connectivity index (χ1) is 13.1. The first-order valence-corrected chi connectivity index (χ1v) is 9.25. The lowest BCUT2D eigenvalue weighted by molar-refractivity contribution is -0.131. The van der Waals surface area contributed by atoms with Crippen LogP contribution in [0.3, 0.4) is 0 Å². The molecule has 0 saturated carbocycles. The second-order valence-electron chi connectivity index (χ2n) is 7.14. The Balaban J connectivity index is 1.60. The molecule has 0 radical (unpaired) electrons. The molecular formula is C21H23N3O3. The average molecular weight is 365 g/mol. The molecule has 1 atom stereocenters. The van der Waals surface area contributed by atoms with Crippen LogP contribution in [0.2, 0.25) is 0 Å². The molecule has 6 heteroatoms. The largest absolute Gasteiger partial charge is 0.381 e. The molecule has 27 heavy (non-hydrogen) atoms. The summed E-state index contributed by atoms with van der Waals surface area (Å²) < 4.78 is 5.52. The van der Waals surface area contributed by atoms with Crippen molar-refractivity contribution in [1.82, 2.24) is 15.3 Å². The van der Waals surface area contributed by atoms with Gasteiger partial charge in [0.1, 0.15) is 0 Å². The van der Waals surface area contributed by atoms with Gasteiger partial charge >= 0.3 is 5.69 Å². The van der Waals surface area contributed by atoms with Crippen molar-refractivity contribution >= 4 is 16.9 Å². The lowest BCUT2D eigenvalue weighted by atomic mass is 9.73. The third-order valence-electron chi connectivity index (χ3n) is 5.49. The molecule has 1 aliphatic rings. The predicted molar refractivity (Wildman–Crippen MR) is 104 cm³/mol. The van der Waals surface area contributed by atoms with Crippen LogP contribution in [0.1, 0.15) is 36.9 Å². The average Bonchev–Trinajstić information content (AvgIpc) is 3.08. The van der Waals surface area contributed by atoms with E-state index in [0.717, 1.165) is 22.2 Å². The molecule has 4 rings (SSSR count). The molecule has 1 amide bonds. The van der Waals surface area contributed by atoms with Gasteiger partial charge in [-0.2, -0.15) is 0 Å². The van der Waals surface area contributed by atoms with Gasteiger partial charge in [-0.25, -0.2) is 4.79 Å². The van der Waals surface area contributed by atoms with Gasteiger partial charge in [-0.3, -0.25) is 4.79 Å². The van der Waals surface area contributed by atoms with Crippen LogP contribution in [0.25, 0.3) is 11.0 Å². The van der Waals surface area contributed by atoms with Crippen LogP contribution in [-0.4, -0.2) is 29.1 Å². The Morgan fingerprint density at radius 2 is 1.78 bits per heavy atom. The maximum atomic E-state index is 13.3. The van der Waals surface area contributed by atoms with Gasteiger partial charge in [0.15, 0.2) is 0 Å². The SMILES string of the molecule is C[C@H](NC(=O)C1(c2ccccc2)CCOCC1)c1ccc2[nH]c(=O)[nH]c2c1. The lowest BCUT2D eigenvalue weighted by Gasteiger charge is -2.37. The molecule has 1 aromatic heterocycles. The van der Waals surface area contributed by atoms with Crippen LogP contribution < -0.4 is 11.0 Å². The Labute approximate surface area is 156 Å². The second-order valence-corrected chi connectivity index (χ2v) is 7.14. The van der Waals surface area contributed by atoms with Crippen LogP contribution in [0.5, 0.6) is 0 Å². The van der Waals surface area contributed by atoms with E-state index in [0.29, 0.717) is 26.1 Å². The van der Waals surface area contributed by atoms with Crippen molar-refractivity contribution in [3.8, 4) is 0 Å². The van der Waals surface area contributed by atoms with E-state index in [-0.39, 0.29) is 17.6 Å². The number of imidazole rings is 1. The molecule has 0 spiro atoms. The third kappa shape index (κ3) is 3.28. The topological polar surface area (TPSA) is 87.0 Å². The van der Waals surface area contributed by atoms with Gasteiger partial charge in [-0.15, -0.1) is 0 Å². The van der Waals surface area contributed by atoms with Gasteiger partial charge in [-0.05, 0) is 43.0 Å². The van der Waals surface area contributed by atoms with E-state index in [1.807, 2.05) is 55.5 Å². The van der Waals surface area contributed by atoms with Crippen molar-refractivity contribution in [2.45, 2.75) is 31.2 Å². The zero-order valence-electron chi connectivity index (χ0n) is 15.2. The zero-order chi connectivity index (χ0) is 18.9. The first kappa shape index (κ1) is 17.5. The number of aromatic nitrogens is 2. The summed E-state index contributed by atoms with van der Waals surface area (Å²) in [5, 5.41) is 3.18. The van der Waals surface area contributed by atoms with Crippen LogP contribution in [0, 0.1) is 0 Å². The molecule has 2 aromatic carbocycles. The van der Waals surface area contributed by atoms with E-state index >= 15 is 0 Å². The molecule has 1 saturated heterocycles. The minimum Gasteiger partial charge on any atom is -0.381 e. The monoisotopic (exact) mass is 365 g/mol. The van der Waals surface area contributed by atoms with Crippen molar-refractivity contribution in [3.05, 3.63) is 70.1 Å². The number of fused-ring (bicyclic) bond motifs is 1. The van der Waals surface area contributed by atoms with Crippen LogP contribution in [0.15, 0.2) is 53.3 Å². The summed E-state index contributed by atoms with van der Waals surface area (Å²) in [4.78, 5) is 30.3. The van der Waals surface area contributed by atoms with E-state index in [2.05, 4.69) is 15.3 Å². The lowest BCUT2D eigenvalue weighted by Crippen LogP contribution is -2.48. The highest BCUT2D eigenvalue weighted by Gasteiger charge is 2.42. The zero-order valence-corrected chi connectivity index (χ0v) is 15.2. The van der Waals surface area contributed by atoms with Crippen molar-refractivity contribution in [2.75, 3.05) is 13.2 Å². The highest BCUT2D eigenvalue weighted by molar-refractivity contribution is 5.89. The number of hydrogen-bond acceptors (Lipinski definition) is 3. The highest BCUT2D eigenvalue weighted by atomic mass is 16.5. The fourth-order valence-corrected chi connectivity index (χ4v) is 3.86. The normalized spacial score (nSPS) is 17.5. The van der Waals surface area contributed by atoms with Crippen LogP contribution in [-0.2, 0) is 14.9 Å². The molecule has 0 unspecified atom stereocenters. The van der Waals surface area contributed by atoms with Gasteiger partial charge < -0.3 is 20.0 Å². The molecule has 140 valence electrons. The van der Waals surface area contributed by atoms with E-state index in [1.165, 1.54) is 0 Å². The maximum absolute atomic E-state index is 13.3. The van der Waals surface area contributed by atoms with Gasteiger partial charge in [0.05, 0.1) is 22.5 Å². The van der Waals surface area contributed by atoms with E-state index in [1.54, 1.807) is 0 Å². The van der Waals surface area contributed by atoms with Crippen molar-refractivity contribution in [2.24, 2.45) is 0 Å². The van der Waals surface area contributed by atoms with Crippen molar-refractivity contribution in [3.63, 3.8) is 0 Å². The molecular weight excluding hydrogens is 342 g/mol. The van der Waals surface area contributed by atoms with E-state index in [4.69, 9.17) is 4.74 Å². The number of hydrogen-bond donors (Lipinski definition) is 3. The fraction of sp³-hybridized carbons (Fsp3) is 0.333. The summed E-state index contributed by atoms with van der Waals surface area (Å²) in [7, 11) is 0. The maximum Gasteiger partial charge on any atom is 0.323 e. The quantitative estimate of drug-likeness (QED) is 0.664. The molecule has 0 aliphatic carbocycles. The number of ether oxygens (including phenoxy) is 1. The Morgan fingerprint density at radius 3 is 2.52 bits per heavy atom. The third-order valence-corrected chi connectivity index (χ3v) is 5.49. The van der Waals surface area contributed by atoms with Crippen molar-refractivity contribution in [1.29, 1.82) is 0 Å². The number of H-pyrrole nitrogens is 2. The summed E-state index contributed by atoms with van der Waals surface area (Å²) in [6.45, 7) is 3.11. The molecule has 1 aliphatic heterocycles. The number of benzene rings is 2. The fourth-order valence-electron chi connectivity index (χ4n) is 3.86. The molecule has 3 N–H and O–H groups in total. The number of carbonyl (C=O) groups excluding carboxylic acids is 1. The Hall–Kier alpha value is -2.86. The van der Waals surface area contributed by atoms with E-state index in [9.17, 15) is 9.59 Å². The summed E-state index contributed by atoms with van der Waals surface area (Å²) in [6.07, 6.45) is 1.33. The minimum absolute atomic E-state index is 0.0205. The summed E-state index contributed by atoms with van der Waals surface area (Å²) >= 11 is 0. The standard InChI is InChI=1S/C21H23N3O3/c1-14(15-7-8-17-18(13-15)24-20(26)23-17)22-19(25)21(9-11-27-12-10-21)16-5-3-2-4-6-16/h2-8,13-14H,9-12H2,1H3,(H,22,25)(H2,23,24,26)/t14-/m0/s1. The summed E-state index contributed by atoms with van der Waals surface area (Å²) in [6, 6.07) is 15.4. The Morgan fingerprint density at radius 1 is 1.07 bits per heavy atom. The number of amides is 1. The first-order valence-electron chi connectivity index (χ1n) is 9.25.